The monoisotopic (exact) mass is 294 g/mol. The molecule has 0 amide bonds. The maximum absolute atomic E-state index is 13.7. The van der Waals surface area contributed by atoms with Crippen molar-refractivity contribution in [1.82, 2.24) is 0 Å². The molecule has 2 aromatic rings. The molecular weight excluding hydrogens is 277 g/mol. The summed E-state index contributed by atoms with van der Waals surface area (Å²) in [5.74, 6) is -3.17. The molecule has 1 unspecified atom stereocenters. The van der Waals surface area contributed by atoms with Crippen molar-refractivity contribution in [3.63, 3.8) is 0 Å². The normalized spacial score (nSPS) is 12.5. The first-order valence-electron chi connectivity index (χ1n) is 6.92. The summed E-state index contributed by atoms with van der Waals surface area (Å²) >= 11 is 0. The summed E-state index contributed by atoms with van der Waals surface area (Å²) in [6, 6.07) is 6.37. The van der Waals surface area contributed by atoms with Gasteiger partial charge in [0.05, 0.1) is 5.56 Å². The van der Waals surface area contributed by atoms with Crippen LogP contribution in [0.15, 0.2) is 30.3 Å². The molecule has 0 radical (unpaired) electrons. The van der Waals surface area contributed by atoms with Gasteiger partial charge in [0.15, 0.2) is 0 Å². The average Bonchev–Trinajstić information content (AvgIpc) is 2.45. The summed E-state index contributed by atoms with van der Waals surface area (Å²) in [6.45, 7) is 3.99. The second-order valence-electron chi connectivity index (χ2n) is 4.92. The van der Waals surface area contributed by atoms with E-state index in [-0.39, 0.29) is 0 Å². The van der Waals surface area contributed by atoms with Gasteiger partial charge in [-0.1, -0.05) is 32.0 Å². The Bertz CT molecular complexity index is 629. The van der Waals surface area contributed by atoms with E-state index in [9.17, 15) is 18.3 Å². The van der Waals surface area contributed by atoms with Gasteiger partial charge in [-0.3, -0.25) is 0 Å². The Morgan fingerprint density at radius 3 is 2.00 bits per heavy atom. The first kappa shape index (κ1) is 15.6. The van der Waals surface area contributed by atoms with Crippen LogP contribution in [0.4, 0.5) is 13.2 Å². The van der Waals surface area contributed by atoms with E-state index in [4.69, 9.17) is 0 Å². The van der Waals surface area contributed by atoms with Crippen LogP contribution in [0, 0.1) is 17.5 Å². The van der Waals surface area contributed by atoms with Crippen molar-refractivity contribution in [3.8, 4) is 0 Å². The van der Waals surface area contributed by atoms with Crippen molar-refractivity contribution in [2.45, 2.75) is 32.8 Å². The van der Waals surface area contributed by atoms with Gasteiger partial charge in [-0.2, -0.15) is 0 Å². The van der Waals surface area contributed by atoms with E-state index in [2.05, 4.69) is 0 Å². The predicted octanol–water partition coefficient (Wildman–Crippen LogP) is 4.31. The fourth-order valence-electron chi connectivity index (χ4n) is 2.47. The second kappa shape index (κ2) is 6.31. The van der Waals surface area contributed by atoms with Crippen LogP contribution >= 0.6 is 0 Å². The van der Waals surface area contributed by atoms with Gasteiger partial charge in [-0.15, -0.1) is 0 Å². The minimum Gasteiger partial charge on any atom is -0.383 e. The molecule has 112 valence electrons. The molecule has 21 heavy (non-hydrogen) atoms. The number of aliphatic hydroxyl groups excluding tert-OH is 1. The van der Waals surface area contributed by atoms with E-state index >= 15 is 0 Å². The highest BCUT2D eigenvalue weighted by atomic mass is 19.1. The molecule has 0 fully saturated rings. The number of aliphatic hydroxyl groups is 1. The largest absolute Gasteiger partial charge is 0.383 e. The summed E-state index contributed by atoms with van der Waals surface area (Å²) in [4.78, 5) is 0. The van der Waals surface area contributed by atoms with Crippen LogP contribution in [0.25, 0.3) is 0 Å². The second-order valence-corrected chi connectivity index (χ2v) is 4.92. The smallest absolute Gasteiger partial charge is 0.135 e. The van der Waals surface area contributed by atoms with Crippen LogP contribution < -0.4 is 0 Å². The van der Waals surface area contributed by atoms with Crippen molar-refractivity contribution in [2.24, 2.45) is 0 Å². The highest BCUT2D eigenvalue weighted by Gasteiger charge is 2.21. The van der Waals surface area contributed by atoms with Crippen molar-refractivity contribution in [2.75, 3.05) is 0 Å². The van der Waals surface area contributed by atoms with E-state index in [0.717, 1.165) is 24.0 Å². The zero-order chi connectivity index (χ0) is 15.6. The Labute approximate surface area is 122 Å². The third kappa shape index (κ3) is 3.10. The van der Waals surface area contributed by atoms with Gasteiger partial charge in [0, 0.05) is 12.1 Å². The average molecular weight is 294 g/mol. The molecule has 0 aliphatic carbocycles. The number of aryl methyl sites for hydroxylation is 2. The Morgan fingerprint density at radius 2 is 1.48 bits per heavy atom. The first-order chi connectivity index (χ1) is 9.97. The van der Waals surface area contributed by atoms with E-state index < -0.39 is 29.1 Å². The Kier molecular flexibility index (Phi) is 4.68. The van der Waals surface area contributed by atoms with Gasteiger partial charge in [-0.05, 0) is 29.5 Å². The van der Waals surface area contributed by atoms with Crippen LogP contribution in [0.3, 0.4) is 0 Å². The van der Waals surface area contributed by atoms with Gasteiger partial charge < -0.3 is 5.11 Å². The lowest BCUT2D eigenvalue weighted by Gasteiger charge is -2.16. The zero-order valence-corrected chi connectivity index (χ0v) is 12.0. The maximum atomic E-state index is 13.7. The highest BCUT2D eigenvalue weighted by molar-refractivity contribution is 5.38. The molecule has 0 saturated carbocycles. The Hall–Kier alpha value is -1.81. The third-order valence-electron chi connectivity index (χ3n) is 3.63. The lowest BCUT2D eigenvalue weighted by atomic mass is 9.94. The summed E-state index contributed by atoms with van der Waals surface area (Å²) < 4.78 is 40.4. The standard InChI is InChI=1S/C17H17F3O/c1-3-10-5-6-12(7-11(10)4-2)17(21)16-14(19)8-13(18)9-15(16)20/h5-9,17,21H,3-4H2,1-2H3. The molecule has 1 nitrogen and oxygen atoms in total. The molecule has 2 aromatic carbocycles. The molecule has 1 N–H and O–H groups in total. The minimum absolute atomic E-state index is 0.397. The van der Waals surface area contributed by atoms with E-state index in [1.54, 1.807) is 12.1 Å². The van der Waals surface area contributed by atoms with Crippen LogP contribution in [0.5, 0.6) is 0 Å². The molecule has 0 aliphatic heterocycles. The van der Waals surface area contributed by atoms with Gasteiger partial charge in [-0.25, -0.2) is 13.2 Å². The predicted molar refractivity (Wildman–Crippen MR) is 75.6 cm³/mol. The Morgan fingerprint density at radius 1 is 0.905 bits per heavy atom. The first-order valence-corrected chi connectivity index (χ1v) is 6.92. The van der Waals surface area contributed by atoms with Gasteiger partial charge in [0.1, 0.15) is 23.6 Å². The lowest BCUT2D eigenvalue weighted by Crippen LogP contribution is -2.07. The maximum Gasteiger partial charge on any atom is 0.135 e. The number of halogens is 3. The molecule has 1 atom stereocenters. The number of rotatable bonds is 4. The SMILES string of the molecule is CCc1ccc(C(O)c2c(F)cc(F)cc2F)cc1CC. The van der Waals surface area contributed by atoms with Crippen molar-refractivity contribution in [1.29, 1.82) is 0 Å². The van der Waals surface area contributed by atoms with Crippen LogP contribution in [-0.2, 0) is 12.8 Å². The number of hydrogen-bond donors (Lipinski definition) is 1. The molecular formula is C17H17F3O. The molecule has 0 spiro atoms. The molecule has 0 aromatic heterocycles. The fraction of sp³-hybridized carbons (Fsp3) is 0.294. The summed E-state index contributed by atoms with van der Waals surface area (Å²) in [5.41, 5.74) is 2.03. The topological polar surface area (TPSA) is 20.2 Å². The number of benzene rings is 2. The van der Waals surface area contributed by atoms with Crippen LogP contribution in [0.1, 0.15) is 42.2 Å². The van der Waals surface area contributed by atoms with Crippen molar-refractivity contribution >= 4 is 0 Å². The highest BCUT2D eigenvalue weighted by Crippen LogP contribution is 2.29. The van der Waals surface area contributed by atoms with Gasteiger partial charge in [0.25, 0.3) is 0 Å². The van der Waals surface area contributed by atoms with Gasteiger partial charge >= 0.3 is 0 Å². The van der Waals surface area contributed by atoms with Crippen molar-refractivity contribution < 1.29 is 18.3 Å². The van der Waals surface area contributed by atoms with Crippen molar-refractivity contribution in [3.05, 3.63) is 70.0 Å². The molecule has 0 saturated heterocycles. The molecule has 0 aliphatic rings. The third-order valence-corrected chi connectivity index (χ3v) is 3.63. The van der Waals surface area contributed by atoms with E-state index in [0.29, 0.717) is 17.7 Å². The van der Waals surface area contributed by atoms with E-state index in [1.807, 2.05) is 19.9 Å². The quantitative estimate of drug-likeness (QED) is 0.891. The summed E-state index contributed by atoms with van der Waals surface area (Å²) in [6.07, 6.45) is 0.151. The lowest BCUT2D eigenvalue weighted by molar-refractivity contribution is 0.208. The number of hydrogen-bond acceptors (Lipinski definition) is 1. The molecule has 2 rings (SSSR count). The van der Waals surface area contributed by atoms with Crippen LogP contribution in [-0.4, -0.2) is 5.11 Å². The van der Waals surface area contributed by atoms with Gasteiger partial charge in [0.2, 0.25) is 0 Å². The summed E-state index contributed by atoms with van der Waals surface area (Å²) in [5, 5.41) is 10.2. The zero-order valence-electron chi connectivity index (χ0n) is 12.0. The summed E-state index contributed by atoms with van der Waals surface area (Å²) in [7, 11) is 0. The molecule has 0 bridgehead atoms. The van der Waals surface area contributed by atoms with Crippen LogP contribution in [0.2, 0.25) is 0 Å². The molecule has 0 heterocycles. The molecule has 4 heteroatoms. The van der Waals surface area contributed by atoms with E-state index in [1.165, 1.54) is 0 Å². The Balaban J connectivity index is 2.47. The minimum atomic E-state index is -1.46. The fourth-order valence-corrected chi connectivity index (χ4v) is 2.47.